The van der Waals surface area contributed by atoms with Crippen LogP contribution in [0, 0.1) is 22.7 Å². The minimum atomic E-state index is 0.458. The molecule has 0 aliphatic heterocycles. The highest BCUT2D eigenvalue weighted by Crippen LogP contribution is 2.47. The Hall–Kier alpha value is -9.88. The molecule has 6 nitrogen and oxygen atoms in total. The molecule has 0 saturated carbocycles. The van der Waals surface area contributed by atoms with Gasteiger partial charge in [-0.05, 0) is 94.3 Å². The summed E-state index contributed by atoms with van der Waals surface area (Å²) in [5, 5.41) is 36.4. The second-order valence-electron chi connectivity index (χ2n) is 18.2. The average Bonchev–Trinajstić information content (AvgIpc) is 4.16. The zero-order valence-corrected chi connectivity index (χ0v) is 37.5. The molecule has 70 heavy (non-hydrogen) atoms. The molecule has 15 aromatic rings. The van der Waals surface area contributed by atoms with Gasteiger partial charge in [-0.15, -0.1) is 0 Å². The maximum absolute atomic E-state index is 11.5. The Bertz CT molecular complexity index is 4530. The zero-order valence-electron chi connectivity index (χ0n) is 37.5. The van der Waals surface area contributed by atoms with Gasteiger partial charge in [0.2, 0.25) is 0 Å². The third-order valence-electron chi connectivity index (χ3n) is 14.8. The van der Waals surface area contributed by atoms with Gasteiger partial charge in [-0.2, -0.15) is 10.5 Å². The zero-order chi connectivity index (χ0) is 46.2. The Kier molecular flexibility index (Phi) is 7.82. The van der Waals surface area contributed by atoms with E-state index < -0.39 is 0 Å². The van der Waals surface area contributed by atoms with E-state index in [2.05, 4.69) is 237 Å². The van der Waals surface area contributed by atoms with E-state index in [0.717, 1.165) is 109 Å². The van der Waals surface area contributed by atoms with Crippen LogP contribution in [0.4, 0.5) is 0 Å². The molecular formula is C64H36N6. The van der Waals surface area contributed by atoms with Gasteiger partial charge in [-0.25, -0.2) is 0 Å². The number of aromatic nitrogens is 4. The molecule has 15 rings (SSSR count). The van der Waals surface area contributed by atoms with E-state index in [-0.39, 0.29) is 0 Å². The van der Waals surface area contributed by atoms with Crippen molar-refractivity contribution in [3.8, 4) is 34.9 Å². The predicted octanol–water partition coefficient (Wildman–Crippen LogP) is 16.1. The van der Waals surface area contributed by atoms with Crippen molar-refractivity contribution in [1.29, 1.82) is 10.5 Å². The molecule has 0 atom stereocenters. The van der Waals surface area contributed by atoms with E-state index in [1.165, 1.54) is 10.8 Å². The summed E-state index contributed by atoms with van der Waals surface area (Å²) in [4.78, 5) is 0. The molecule has 0 unspecified atom stereocenters. The van der Waals surface area contributed by atoms with Gasteiger partial charge in [0.1, 0.15) is 12.1 Å². The van der Waals surface area contributed by atoms with Gasteiger partial charge in [0.15, 0.2) is 0 Å². The lowest BCUT2D eigenvalue weighted by molar-refractivity contribution is 1.12. The highest BCUT2D eigenvalue weighted by molar-refractivity contribution is 6.33. The van der Waals surface area contributed by atoms with Crippen LogP contribution >= 0.6 is 0 Å². The summed E-state index contributed by atoms with van der Waals surface area (Å²) in [6, 6.07) is 82.1. The molecule has 0 amide bonds. The molecule has 6 heteroatoms. The fourth-order valence-electron chi connectivity index (χ4n) is 12.0. The lowest BCUT2D eigenvalue weighted by Crippen LogP contribution is -2.04. The van der Waals surface area contributed by atoms with Crippen molar-refractivity contribution in [2.75, 3.05) is 0 Å². The number of para-hydroxylation sites is 4. The first kappa shape index (κ1) is 38.2. The Morgan fingerprint density at radius 2 is 0.629 bits per heavy atom. The summed E-state index contributed by atoms with van der Waals surface area (Å²) in [7, 11) is 0. The molecule has 0 aliphatic rings. The maximum Gasteiger partial charge on any atom is 0.101 e. The molecule has 4 heterocycles. The van der Waals surface area contributed by atoms with Crippen molar-refractivity contribution in [1.82, 2.24) is 18.3 Å². The van der Waals surface area contributed by atoms with Gasteiger partial charge in [-0.1, -0.05) is 146 Å². The Morgan fingerprint density at radius 3 is 1.06 bits per heavy atom. The van der Waals surface area contributed by atoms with Crippen molar-refractivity contribution in [3.05, 3.63) is 230 Å². The summed E-state index contributed by atoms with van der Waals surface area (Å²) in [5.74, 6) is 0. The Labute approximate surface area is 400 Å². The minimum absolute atomic E-state index is 0.458. The van der Waals surface area contributed by atoms with Crippen LogP contribution in [0.15, 0.2) is 218 Å². The first-order chi connectivity index (χ1) is 34.7. The van der Waals surface area contributed by atoms with Crippen LogP contribution < -0.4 is 0 Å². The van der Waals surface area contributed by atoms with Crippen molar-refractivity contribution in [3.63, 3.8) is 0 Å². The van der Waals surface area contributed by atoms with Crippen LogP contribution in [0.2, 0.25) is 0 Å². The third-order valence-corrected chi connectivity index (χ3v) is 14.8. The number of fused-ring (bicyclic) bond motifs is 18. The number of nitrogens with zero attached hydrogens (tertiary/aromatic N) is 6. The normalized spacial score (nSPS) is 12.0. The quantitative estimate of drug-likeness (QED) is 0.177. The molecule has 0 fully saturated rings. The first-order valence-electron chi connectivity index (χ1n) is 23.6. The molecule has 0 aliphatic carbocycles. The number of nitriles is 2. The summed E-state index contributed by atoms with van der Waals surface area (Å²) in [5.41, 5.74) is 12.6. The summed E-state index contributed by atoms with van der Waals surface area (Å²) < 4.78 is 9.20. The van der Waals surface area contributed by atoms with E-state index in [0.29, 0.717) is 22.5 Å². The van der Waals surface area contributed by atoms with Crippen LogP contribution in [0.5, 0.6) is 0 Å². The van der Waals surface area contributed by atoms with Crippen molar-refractivity contribution in [2.24, 2.45) is 0 Å². The van der Waals surface area contributed by atoms with E-state index in [1.54, 1.807) is 0 Å². The standard InChI is InChI=1S/C64H36N6/c65-37-41-36-58(70-54-32-28-40-16-8-10-22-46(40)60(54)62-56(70)34-30-50-48-24-12-14-26-52(48)68(64(50)62)44-19-5-2-6-20-44)42(38-66)35-57(41)69-53-31-27-39-15-7-9-21-45(39)59(53)61-55(69)33-29-49-47-23-11-13-25-51(47)67(63(49)61)43-17-3-1-4-18-43/h1-36H. The van der Waals surface area contributed by atoms with Gasteiger partial charge in [-0.3, -0.25) is 0 Å². The fourth-order valence-corrected chi connectivity index (χ4v) is 12.0. The second kappa shape index (κ2) is 14.3. The molecule has 0 N–H and O–H groups in total. The van der Waals surface area contributed by atoms with Gasteiger partial charge in [0, 0.05) is 54.5 Å². The first-order valence-corrected chi connectivity index (χ1v) is 23.6. The second-order valence-corrected chi connectivity index (χ2v) is 18.2. The molecule has 322 valence electrons. The Balaban J connectivity index is 1.08. The van der Waals surface area contributed by atoms with Crippen LogP contribution in [0.1, 0.15) is 11.1 Å². The number of hydrogen-bond acceptors (Lipinski definition) is 2. The van der Waals surface area contributed by atoms with Gasteiger partial charge in [0.05, 0.1) is 66.6 Å². The average molecular weight is 889 g/mol. The lowest BCUT2D eigenvalue weighted by Gasteiger charge is -2.16. The van der Waals surface area contributed by atoms with Crippen molar-refractivity contribution < 1.29 is 0 Å². The summed E-state index contributed by atoms with van der Waals surface area (Å²) in [6.07, 6.45) is 0. The molecule has 4 aromatic heterocycles. The van der Waals surface area contributed by atoms with E-state index in [1.807, 2.05) is 12.1 Å². The van der Waals surface area contributed by atoms with Gasteiger partial charge < -0.3 is 18.3 Å². The topological polar surface area (TPSA) is 67.3 Å². The monoisotopic (exact) mass is 888 g/mol. The largest absolute Gasteiger partial charge is 0.309 e. The van der Waals surface area contributed by atoms with E-state index >= 15 is 0 Å². The van der Waals surface area contributed by atoms with Crippen LogP contribution in [-0.4, -0.2) is 18.3 Å². The molecule has 0 radical (unpaired) electrons. The minimum Gasteiger partial charge on any atom is -0.309 e. The molecule has 0 spiro atoms. The van der Waals surface area contributed by atoms with Gasteiger partial charge >= 0.3 is 0 Å². The van der Waals surface area contributed by atoms with Crippen molar-refractivity contribution in [2.45, 2.75) is 0 Å². The summed E-state index contributed by atoms with van der Waals surface area (Å²) >= 11 is 0. The fraction of sp³-hybridized carbons (Fsp3) is 0. The van der Waals surface area contributed by atoms with Gasteiger partial charge in [0.25, 0.3) is 0 Å². The third kappa shape index (κ3) is 5.03. The predicted molar refractivity (Wildman–Crippen MR) is 288 cm³/mol. The maximum atomic E-state index is 11.5. The van der Waals surface area contributed by atoms with E-state index in [4.69, 9.17) is 0 Å². The van der Waals surface area contributed by atoms with E-state index in [9.17, 15) is 10.5 Å². The van der Waals surface area contributed by atoms with Crippen LogP contribution in [0.25, 0.3) is 132 Å². The highest BCUT2D eigenvalue weighted by Gasteiger charge is 2.27. The number of rotatable bonds is 4. The molecule has 0 bridgehead atoms. The highest BCUT2D eigenvalue weighted by atomic mass is 15.0. The molecular weight excluding hydrogens is 853 g/mol. The number of hydrogen-bond donors (Lipinski definition) is 0. The van der Waals surface area contributed by atoms with Crippen LogP contribution in [-0.2, 0) is 0 Å². The SMILES string of the molecule is N#Cc1cc(-n2c3ccc4ccccc4c3c3c2ccc2c4ccccc4n(-c4ccccc4)c23)c(C#N)cc1-n1c2ccc3ccccc3c2c2c1ccc1c3ccccc3n(-c3ccccc3)c12. The number of benzene rings is 11. The summed E-state index contributed by atoms with van der Waals surface area (Å²) in [6.45, 7) is 0. The Morgan fingerprint density at radius 1 is 0.271 bits per heavy atom. The smallest absolute Gasteiger partial charge is 0.101 e. The lowest BCUT2D eigenvalue weighted by atomic mass is 10.0. The molecule has 0 saturated heterocycles. The molecule has 11 aromatic carbocycles. The van der Waals surface area contributed by atoms with Crippen LogP contribution in [0.3, 0.4) is 0 Å². The van der Waals surface area contributed by atoms with Crippen molar-refractivity contribution >= 4 is 109 Å².